The summed E-state index contributed by atoms with van der Waals surface area (Å²) in [7, 11) is 0. The minimum absolute atomic E-state index is 0.225. The maximum absolute atomic E-state index is 13.9. The number of carboxylic acid groups (broad SMARTS) is 1. The number of aliphatic carboxylic acids is 1. The Morgan fingerprint density at radius 2 is 2.00 bits per heavy atom. The second kappa shape index (κ2) is 6.82. The summed E-state index contributed by atoms with van der Waals surface area (Å²) in [6.07, 6.45) is 1.67. The van der Waals surface area contributed by atoms with Gasteiger partial charge in [0, 0.05) is 6.54 Å². The number of nitrogens with one attached hydrogen (secondary N) is 1. The van der Waals surface area contributed by atoms with Crippen molar-refractivity contribution in [3.8, 4) is 5.69 Å². The highest BCUT2D eigenvalue weighted by molar-refractivity contribution is 5.95. The molecule has 2 aromatic rings. The smallest absolute Gasteiger partial charge is 0.309 e. The van der Waals surface area contributed by atoms with E-state index >= 15 is 0 Å². The van der Waals surface area contributed by atoms with Gasteiger partial charge in [0.1, 0.15) is 11.5 Å². The molecule has 0 saturated heterocycles. The Hall–Kier alpha value is -2.70. The zero-order valence-corrected chi connectivity index (χ0v) is 13.8. The van der Waals surface area contributed by atoms with Gasteiger partial charge in [-0.05, 0) is 39.3 Å². The van der Waals surface area contributed by atoms with Gasteiger partial charge in [-0.3, -0.25) is 9.59 Å². The van der Waals surface area contributed by atoms with Crippen molar-refractivity contribution in [3.63, 3.8) is 0 Å². The summed E-state index contributed by atoms with van der Waals surface area (Å²) >= 11 is 0. The van der Waals surface area contributed by atoms with Gasteiger partial charge in [-0.25, -0.2) is 9.07 Å². The van der Waals surface area contributed by atoms with Crippen molar-refractivity contribution in [2.75, 3.05) is 6.54 Å². The number of hydrogen-bond donors (Lipinski definition) is 2. The van der Waals surface area contributed by atoms with Crippen molar-refractivity contribution in [1.82, 2.24) is 15.1 Å². The molecule has 0 atom stereocenters. The Balaban J connectivity index is 2.10. The molecule has 128 valence electrons. The largest absolute Gasteiger partial charge is 0.481 e. The van der Waals surface area contributed by atoms with Gasteiger partial charge in [-0.2, -0.15) is 5.10 Å². The van der Waals surface area contributed by atoms with Crippen LogP contribution in [0.1, 0.15) is 36.3 Å². The Morgan fingerprint density at radius 3 is 2.62 bits per heavy atom. The number of halogens is 1. The average molecular weight is 333 g/mol. The second-order valence-corrected chi connectivity index (χ2v) is 6.20. The third kappa shape index (κ3) is 3.61. The maximum atomic E-state index is 13.9. The van der Waals surface area contributed by atoms with Crippen LogP contribution in [-0.2, 0) is 4.79 Å². The first-order valence-corrected chi connectivity index (χ1v) is 7.55. The molecular weight excluding hydrogens is 313 g/mol. The van der Waals surface area contributed by atoms with Crippen molar-refractivity contribution in [2.24, 2.45) is 5.41 Å². The molecule has 2 N–H and O–H groups in total. The van der Waals surface area contributed by atoms with E-state index in [0.29, 0.717) is 17.7 Å². The van der Waals surface area contributed by atoms with Crippen LogP contribution in [0.4, 0.5) is 4.39 Å². The van der Waals surface area contributed by atoms with Gasteiger partial charge in [-0.15, -0.1) is 0 Å². The minimum Gasteiger partial charge on any atom is -0.481 e. The molecule has 0 aliphatic rings. The van der Waals surface area contributed by atoms with Crippen molar-refractivity contribution in [3.05, 3.63) is 47.5 Å². The quantitative estimate of drug-likeness (QED) is 0.851. The molecule has 1 aromatic heterocycles. The predicted molar refractivity (Wildman–Crippen MR) is 86.6 cm³/mol. The summed E-state index contributed by atoms with van der Waals surface area (Å²) in [5.41, 5.74) is 0.183. The van der Waals surface area contributed by atoms with Gasteiger partial charge in [0.25, 0.3) is 5.91 Å². The molecule has 0 radical (unpaired) electrons. The topological polar surface area (TPSA) is 84.2 Å². The summed E-state index contributed by atoms with van der Waals surface area (Å²) in [6, 6.07) is 6.17. The molecule has 0 fully saturated rings. The number of amides is 1. The zero-order valence-electron chi connectivity index (χ0n) is 13.8. The van der Waals surface area contributed by atoms with E-state index in [1.165, 1.54) is 16.9 Å². The van der Waals surface area contributed by atoms with Crippen molar-refractivity contribution in [1.29, 1.82) is 0 Å². The van der Waals surface area contributed by atoms with E-state index < -0.39 is 17.2 Å². The lowest BCUT2D eigenvalue weighted by molar-refractivity contribution is -0.147. The molecule has 0 bridgehead atoms. The average Bonchev–Trinajstić information content (AvgIpc) is 2.89. The van der Waals surface area contributed by atoms with Crippen LogP contribution in [0.5, 0.6) is 0 Å². The standard InChI is InChI=1S/C17H20FN3O3/c1-11-12(15(22)19-9-8-17(2,3)16(23)24)10-20-21(11)14-7-5-4-6-13(14)18/h4-7,10H,8-9H2,1-3H3,(H,19,22)(H,23,24). The molecule has 2 rings (SSSR count). The summed E-state index contributed by atoms with van der Waals surface area (Å²) in [4.78, 5) is 23.3. The van der Waals surface area contributed by atoms with E-state index in [-0.39, 0.29) is 18.1 Å². The van der Waals surface area contributed by atoms with Crippen molar-refractivity contribution in [2.45, 2.75) is 27.2 Å². The lowest BCUT2D eigenvalue weighted by Gasteiger charge is -2.18. The van der Waals surface area contributed by atoms with Gasteiger partial charge in [0.05, 0.1) is 22.9 Å². The van der Waals surface area contributed by atoms with Crippen LogP contribution >= 0.6 is 0 Å². The third-order valence-electron chi connectivity index (χ3n) is 3.95. The number of para-hydroxylation sites is 1. The number of rotatable bonds is 6. The summed E-state index contributed by atoms with van der Waals surface area (Å²) in [5.74, 6) is -1.71. The number of hydrogen-bond acceptors (Lipinski definition) is 3. The Kier molecular flexibility index (Phi) is 5.02. The van der Waals surface area contributed by atoms with Crippen molar-refractivity contribution >= 4 is 11.9 Å². The van der Waals surface area contributed by atoms with E-state index in [4.69, 9.17) is 5.11 Å². The lowest BCUT2D eigenvalue weighted by Crippen LogP contribution is -2.32. The normalized spacial score (nSPS) is 11.3. The molecule has 0 saturated carbocycles. The second-order valence-electron chi connectivity index (χ2n) is 6.20. The molecule has 24 heavy (non-hydrogen) atoms. The molecule has 0 spiro atoms. The summed E-state index contributed by atoms with van der Waals surface area (Å²) < 4.78 is 15.2. The number of carboxylic acids is 1. The molecule has 0 aliphatic carbocycles. The van der Waals surface area contributed by atoms with Crippen LogP contribution in [0.15, 0.2) is 30.5 Å². The minimum atomic E-state index is -0.917. The molecule has 1 heterocycles. The third-order valence-corrected chi connectivity index (χ3v) is 3.95. The van der Waals surface area contributed by atoms with Crippen LogP contribution in [0.25, 0.3) is 5.69 Å². The first kappa shape index (κ1) is 17.7. The first-order valence-electron chi connectivity index (χ1n) is 7.55. The highest BCUT2D eigenvalue weighted by atomic mass is 19.1. The van der Waals surface area contributed by atoms with Crippen LogP contribution in [0, 0.1) is 18.2 Å². The molecule has 1 aromatic carbocycles. The van der Waals surface area contributed by atoms with Gasteiger partial charge in [0.2, 0.25) is 0 Å². The molecule has 6 nitrogen and oxygen atoms in total. The maximum Gasteiger partial charge on any atom is 0.309 e. The molecule has 0 aliphatic heterocycles. The number of carbonyl (C=O) groups excluding carboxylic acids is 1. The Bertz CT molecular complexity index is 768. The number of aromatic nitrogens is 2. The monoisotopic (exact) mass is 333 g/mol. The van der Waals surface area contributed by atoms with Crippen molar-refractivity contribution < 1.29 is 19.1 Å². The van der Waals surface area contributed by atoms with Gasteiger partial charge in [-0.1, -0.05) is 12.1 Å². The highest BCUT2D eigenvalue weighted by Crippen LogP contribution is 2.20. The number of benzene rings is 1. The van der Waals surface area contributed by atoms with E-state index in [2.05, 4.69) is 10.4 Å². The van der Waals surface area contributed by atoms with Crippen LogP contribution in [0.3, 0.4) is 0 Å². The van der Waals surface area contributed by atoms with Crippen LogP contribution < -0.4 is 5.32 Å². The number of carbonyl (C=O) groups is 2. The fourth-order valence-electron chi connectivity index (χ4n) is 2.19. The Labute approximate surface area is 139 Å². The lowest BCUT2D eigenvalue weighted by atomic mass is 9.90. The van der Waals surface area contributed by atoms with Gasteiger partial charge in [0.15, 0.2) is 0 Å². The van der Waals surface area contributed by atoms with Crippen LogP contribution in [-0.4, -0.2) is 33.3 Å². The molecule has 1 amide bonds. The fourth-order valence-corrected chi connectivity index (χ4v) is 2.19. The van der Waals surface area contributed by atoms with Gasteiger partial charge < -0.3 is 10.4 Å². The summed E-state index contributed by atoms with van der Waals surface area (Å²) in [5, 5.41) is 15.8. The predicted octanol–water partition coefficient (Wildman–Crippen LogP) is 2.55. The number of nitrogens with zero attached hydrogens (tertiary/aromatic N) is 2. The van der Waals surface area contributed by atoms with E-state index in [9.17, 15) is 14.0 Å². The van der Waals surface area contributed by atoms with Crippen LogP contribution in [0.2, 0.25) is 0 Å². The summed E-state index contributed by atoms with van der Waals surface area (Å²) in [6.45, 7) is 5.10. The SMILES string of the molecule is Cc1c(C(=O)NCCC(C)(C)C(=O)O)cnn1-c1ccccc1F. The Morgan fingerprint density at radius 1 is 1.33 bits per heavy atom. The van der Waals surface area contributed by atoms with E-state index in [1.807, 2.05) is 0 Å². The molecular formula is C17H20FN3O3. The zero-order chi connectivity index (χ0) is 17.9. The molecule has 0 unspecified atom stereocenters. The van der Waals surface area contributed by atoms with E-state index in [0.717, 1.165) is 0 Å². The van der Waals surface area contributed by atoms with E-state index in [1.54, 1.807) is 39.0 Å². The highest BCUT2D eigenvalue weighted by Gasteiger charge is 2.27. The molecule has 7 heteroatoms. The first-order chi connectivity index (χ1) is 11.2. The fraction of sp³-hybridized carbons (Fsp3) is 0.353. The van der Waals surface area contributed by atoms with Gasteiger partial charge >= 0.3 is 5.97 Å².